The van der Waals surface area contributed by atoms with Gasteiger partial charge in [-0.2, -0.15) is 0 Å². The summed E-state index contributed by atoms with van der Waals surface area (Å²) in [6.07, 6.45) is 2.57. The second-order valence-electron chi connectivity index (χ2n) is 4.94. The zero-order chi connectivity index (χ0) is 12.3. The molecule has 2 rings (SSSR count). The van der Waals surface area contributed by atoms with Gasteiger partial charge in [0.25, 0.3) is 0 Å². The number of aryl methyl sites for hydroxylation is 1. The molecule has 92 valence electrons. The Bertz CT molecular complexity index is 403. The van der Waals surface area contributed by atoms with E-state index >= 15 is 0 Å². The minimum Gasteiger partial charge on any atom is -0.349 e. The summed E-state index contributed by atoms with van der Waals surface area (Å²) in [5.74, 6) is 0.750. The maximum absolute atomic E-state index is 5.48. The standard InChI is InChI=1S/C14H20N2S/c1-11-6-5-9-16(10-11)14(17)15-13-8-4-3-7-12(13)2/h3-4,7-8,11H,5-6,9-10H2,1-2H3,(H,15,17)/t11-/m0/s1. The number of benzene rings is 1. The van der Waals surface area contributed by atoms with E-state index in [4.69, 9.17) is 12.2 Å². The van der Waals surface area contributed by atoms with E-state index in [1.54, 1.807) is 0 Å². The van der Waals surface area contributed by atoms with Crippen LogP contribution in [0.15, 0.2) is 24.3 Å². The lowest BCUT2D eigenvalue weighted by molar-refractivity contribution is 0.276. The van der Waals surface area contributed by atoms with Gasteiger partial charge in [0.1, 0.15) is 0 Å². The number of nitrogens with one attached hydrogen (secondary N) is 1. The number of thiocarbonyl (C=S) groups is 1. The monoisotopic (exact) mass is 248 g/mol. The van der Waals surface area contributed by atoms with Crippen LogP contribution >= 0.6 is 12.2 Å². The number of likely N-dealkylation sites (tertiary alicyclic amines) is 1. The highest BCUT2D eigenvalue weighted by Gasteiger charge is 2.18. The molecule has 17 heavy (non-hydrogen) atoms. The SMILES string of the molecule is Cc1ccccc1NC(=S)N1CCC[C@H](C)C1. The van der Waals surface area contributed by atoms with Crippen molar-refractivity contribution in [1.29, 1.82) is 0 Å². The Morgan fingerprint density at radius 3 is 2.88 bits per heavy atom. The maximum Gasteiger partial charge on any atom is 0.173 e. The van der Waals surface area contributed by atoms with E-state index in [0.717, 1.165) is 29.8 Å². The van der Waals surface area contributed by atoms with E-state index in [0.29, 0.717) is 0 Å². The van der Waals surface area contributed by atoms with Gasteiger partial charge in [-0.05, 0) is 49.5 Å². The Morgan fingerprint density at radius 2 is 2.18 bits per heavy atom. The quantitative estimate of drug-likeness (QED) is 0.767. The average Bonchev–Trinajstić information content (AvgIpc) is 2.32. The number of nitrogens with zero attached hydrogens (tertiary/aromatic N) is 1. The predicted octanol–water partition coefficient (Wildman–Crippen LogP) is 3.42. The van der Waals surface area contributed by atoms with E-state index in [1.165, 1.54) is 18.4 Å². The fourth-order valence-electron chi connectivity index (χ4n) is 2.28. The van der Waals surface area contributed by atoms with Crippen LogP contribution in [0.1, 0.15) is 25.3 Å². The Hall–Kier alpha value is -1.09. The van der Waals surface area contributed by atoms with Gasteiger partial charge in [-0.15, -0.1) is 0 Å². The van der Waals surface area contributed by atoms with Crippen LogP contribution in [0.25, 0.3) is 0 Å². The zero-order valence-electron chi connectivity index (χ0n) is 10.6. The van der Waals surface area contributed by atoms with Crippen molar-refractivity contribution in [3.8, 4) is 0 Å². The lowest BCUT2D eigenvalue weighted by Gasteiger charge is -2.33. The van der Waals surface area contributed by atoms with Gasteiger partial charge in [0.15, 0.2) is 5.11 Å². The summed E-state index contributed by atoms with van der Waals surface area (Å²) in [6, 6.07) is 8.27. The molecule has 1 aromatic rings. The Balaban J connectivity index is 1.99. The maximum atomic E-state index is 5.48. The molecule has 1 heterocycles. The summed E-state index contributed by atoms with van der Waals surface area (Å²) in [5.41, 5.74) is 2.36. The lowest BCUT2D eigenvalue weighted by Crippen LogP contribution is -2.41. The third kappa shape index (κ3) is 3.19. The predicted molar refractivity (Wildman–Crippen MR) is 77.4 cm³/mol. The van der Waals surface area contributed by atoms with Crippen LogP contribution in [0.5, 0.6) is 0 Å². The van der Waals surface area contributed by atoms with Gasteiger partial charge in [-0.25, -0.2) is 0 Å². The first-order valence-electron chi connectivity index (χ1n) is 6.28. The molecule has 1 N–H and O–H groups in total. The highest BCUT2D eigenvalue weighted by Crippen LogP contribution is 2.18. The molecule has 1 atom stereocenters. The molecule has 0 saturated carbocycles. The van der Waals surface area contributed by atoms with Crippen molar-refractivity contribution in [3.05, 3.63) is 29.8 Å². The molecule has 0 unspecified atom stereocenters. The van der Waals surface area contributed by atoms with Crippen molar-refractivity contribution in [1.82, 2.24) is 4.90 Å². The van der Waals surface area contributed by atoms with Crippen LogP contribution < -0.4 is 5.32 Å². The molecule has 3 heteroatoms. The highest BCUT2D eigenvalue weighted by molar-refractivity contribution is 7.80. The number of hydrogen-bond donors (Lipinski definition) is 1. The van der Waals surface area contributed by atoms with Crippen LogP contribution in [0.2, 0.25) is 0 Å². The minimum atomic E-state index is 0.750. The summed E-state index contributed by atoms with van der Waals surface area (Å²) >= 11 is 5.48. The topological polar surface area (TPSA) is 15.3 Å². The summed E-state index contributed by atoms with van der Waals surface area (Å²) in [7, 11) is 0. The average molecular weight is 248 g/mol. The third-order valence-corrected chi connectivity index (χ3v) is 3.69. The van der Waals surface area contributed by atoms with Gasteiger partial charge in [-0.3, -0.25) is 0 Å². The third-order valence-electron chi connectivity index (χ3n) is 3.33. The lowest BCUT2D eigenvalue weighted by atomic mass is 10.0. The molecule has 0 aromatic heterocycles. The molecular weight excluding hydrogens is 228 g/mol. The Labute approximate surface area is 109 Å². The van der Waals surface area contributed by atoms with Crippen LogP contribution in [0.4, 0.5) is 5.69 Å². The van der Waals surface area contributed by atoms with Gasteiger partial charge in [0.05, 0.1) is 0 Å². The Morgan fingerprint density at radius 1 is 1.41 bits per heavy atom. The van der Waals surface area contributed by atoms with Crippen molar-refractivity contribution in [2.24, 2.45) is 5.92 Å². The van der Waals surface area contributed by atoms with E-state index in [-0.39, 0.29) is 0 Å². The summed E-state index contributed by atoms with van der Waals surface area (Å²) in [4.78, 5) is 2.29. The molecule has 1 aliphatic rings. The van der Waals surface area contributed by atoms with Crippen molar-refractivity contribution in [2.45, 2.75) is 26.7 Å². The first-order valence-corrected chi connectivity index (χ1v) is 6.69. The number of piperidine rings is 1. The van der Waals surface area contributed by atoms with Crippen LogP contribution in [-0.2, 0) is 0 Å². The van der Waals surface area contributed by atoms with E-state index in [2.05, 4.69) is 36.2 Å². The second-order valence-corrected chi connectivity index (χ2v) is 5.33. The molecule has 0 radical (unpaired) electrons. The van der Waals surface area contributed by atoms with Crippen molar-refractivity contribution < 1.29 is 0 Å². The first-order chi connectivity index (χ1) is 8.16. The smallest absolute Gasteiger partial charge is 0.173 e. The van der Waals surface area contributed by atoms with E-state index in [9.17, 15) is 0 Å². The summed E-state index contributed by atoms with van der Waals surface area (Å²) < 4.78 is 0. The molecular formula is C14H20N2S. The van der Waals surface area contributed by atoms with Gasteiger partial charge in [0.2, 0.25) is 0 Å². The van der Waals surface area contributed by atoms with Gasteiger partial charge in [0, 0.05) is 18.8 Å². The number of anilines is 1. The summed E-state index contributed by atoms with van der Waals surface area (Å²) in [6.45, 7) is 6.56. The van der Waals surface area contributed by atoms with Gasteiger partial charge >= 0.3 is 0 Å². The highest BCUT2D eigenvalue weighted by atomic mass is 32.1. The number of hydrogen-bond acceptors (Lipinski definition) is 1. The molecule has 1 fully saturated rings. The normalized spacial score (nSPS) is 20.1. The molecule has 0 aliphatic carbocycles. The molecule has 1 saturated heterocycles. The van der Waals surface area contributed by atoms with Crippen molar-refractivity contribution >= 4 is 23.0 Å². The molecule has 2 nitrogen and oxygen atoms in total. The van der Waals surface area contributed by atoms with Gasteiger partial charge in [-0.1, -0.05) is 25.1 Å². The fourth-order valence-corrected chi connectivity index (χ4v) is 2.56. The van der Waals surface area contributed by atoms with Crippen LogP contribution in [0, 0.1) is 12.8 Å². The van der Waals surface area contributed by atoms with E-state index < -0.39 is 0 Å². The van der Waals surface area contributed by atoms with Gasteiger partial charge < -0.3 is 10.2 Å². The summed E-state index contributed by atoms with van der Waals surface area (Å²) in [5, 5.41) is 4.22. The molecule has 0 spiro atoms. The van der Waals surface area contributed by atoms with Crippen molar-refractivity contribution in [3.63, 3.8) is 0 Å². The first kappa shape index (κ1) is 12.4. The van der Waals surface area contributed by atoms with Crippen molar-refractivity contribution in [2.75, 3.05) is 18.4 Å². The molecule has 1 aromatic carbocycles. The molecule has 0 amide bonds. The zero-order valence-corrected chi connectivity index (χ0v) is 11.4. The molecule has 0 bridgehead atoms. The van der Waals surface area contributed by atoms with Crippen LogP contribution in [-0.4, -0.2) is 23.1 Å². The van der Waals surface area contributed by atoms with Crippen LogP contribution in [0.3, 0.4) is 0 Å². The second kappa shape index (κ2) is 5.50. The number of rotatable bonds is 1. The largest absolute Gasteiger partial charge is 0.349 e. The fraction of sp³-hybridized carbons (Fsp3) is 0.500. The Kier molecular flexibility index (Phi) is 4.00. The van der Waals surface area contributed by atoms with E-state index in [1.807, 2.05) is 12.1 Å². The molecule has 1 aliphatic heterocycles. The number of para-hydroxylation sites is 1. The minimum absolute atomic E-state index is 0.750.